The van der Waals surface area contributed by atoms with Gasteiger partial charge in [0.1, 0.15) is 11.4 Å². The molecule has 0 spiro atoms. The molecule has 5 aromatic rings. The largest absolute Gasteiger partial charge is 0.388 e. The van der Waals surface area contributed by atoms with Crippen molar-refractivity contribution in [2.24, 2.45) is 7.05 Å². The van der Waals surface area contributed by atoms with Crippen LogP contribution in [0.3, 0.4) is 0 Å². The first-order valence-corrected chi connectivity index (χ1v) is 10.8. The SMILES string of the molecule is CNc1ccc(NC(=O)c2nc(-c3ccc4c(=O)[nH]ccc4c3)c(-c3ccn(C)n3)nc2N)cc1. The van der Waals surface area contributed by atoms with E-state index < -0.39 is 5.91 Å². The van der Waals surface area contributed by atoms with Crippen LogP contribution in [0.25, 0.3) is 33.4 Å². The van der Waals surface area contributed by atoms with E-state index >= 15 is 0 Å². The van der Waals surface area contributed by atoms with Crippen molar-refractivity contribution in [3.05, 3.63) is 83.0 Å². The normalized spacial score (nSPS) is 10.9. The van der Waals surface area contributed by atoms with Crippen LogP contribution >= 0.6 is 0 Å². The number of anilines is 3. The summed E-state index contributed by atoms with van der Waals surface area (Å²) < 4.78 is 1.65. The summed E-state index contributed by atoms with van der Waals surface area (Å²) in [5.41, 5.74) is 9.60. The second kappa shape index (κ2) is 8.75. The van der Waals surface area contributed by atoms with Gasteiger partial charge in [0.2, 0.25) is 0 Å². The van der Waals surface area contributed by atoms with Crippen LogP contribution in [0.5, 0.6) is 0 Å². The number of nitrogen functional groups attached to an aromatic ring is 1. The van der Waals surface area contributed by atoms with Crippen LogP contribution in [-0.2, 0) is 7.05 Å². The minimum atomic E-state index is -0.488. The number of nitrogens with one attached hydrogen (secondary N) is 3. The average molecular weight is 467 g/mol. The molecule has 10 heteroatoms. The molecule has 0 bridgehead atoms. The Hall–Kier alpha value is -4.99. The van der Waals surface area contributed by atoms with E-state index in [0.717, 1.165) is 11.1 Å². The second-order valence-electron chi connectivity index (χ2n) is 7.92. The first-order valence-electron chi connectivity index (χ1n) is 10.8. The molecule has 0 saturated carbocycles. The van der Waals surface area contributed by atoms with Crippen molar-refractivity contribution in [1.82, 2.24) is 24.7 Å². The number of H-pyrrole nitrogens is 1. The van der Waals surface area contributed by atoms with Crippen LogP contribution in [0.4, 0.5) is 17.2 Å². The highest BCUT2D eigenvalue weighted by Crippen LogP contribution is 2.31. The van der Waals surface area contributed by atoms with Crippen LogP contribution < -0.4 is 21.9 Å². The molecule has 1 amide bonds. The Morgan fingerprint density at radius 2 is 1.77 bits per heavy atom. The van der Waals surface area contributed by atoms with Gasteiger partial charge < -0.3 is 21.4 Å². The van der Waals surface area contributed by atoms with Crippen molar-refractivity contribution in [2.75, 3.05) is 23.4 Å². The standard InChI is InChI=1S/C25H22N8O2/c1-27-16-4-6-17(7-5-16)29-25(35)22-23(26)31-21(19-10-12-33(2)32-19)20(30-22)15-3-8-18-14(13-15)9-11-28-24(18)34/h3-13,27H,1-2H3,(H2,26,31)(H,28,34)(H,29,35). The highest BCUT2D eigenvalue weighted by Gasteiger charge is 2.21. The van der Waals surface area contributed by atoms with Gasteiger partial charge in [-0.1, -0.05) is 6.07 Å². The number of aromatic nitrogens is 5. The summed E-state index contributed by atoms with van der Waals surface area (Å²) in [4.78, 5) is 37.1. The van der Waals surface area contributed by atoms with E-state index in [9.17, 15) is 9.59 Å². The van der Waals surface area contributed by atoms with E-state index in [1.807, 2.05) is 25.2 Å². The number of nitrogens with zero attached hydrogens (tertiary/aromatic N) is 4. The maximum Gasteiger partial charge on any atom is 0.278 e. The van der Waals surface area contributed by atoms with Crippen molar-refractivity contribution < 1.29 is 4.79 Å². The number of nitrogens with two attached hydrogens (primary N) is 1. The molecule has 5 rings (SSSR count). The molecule has 2 aromatic carbocycles. The second-order valence-corrected chi connectivity index (χ2v) is 7.92. The minimum absolute atomic E-state index is 0.0108. The summed E-state index contributed by atoms with van der Waals surface area (Å²) in [6, 6.07) is 16.1. The van der Waals surface area contributed by atoms with E-state index in [2.05, 4.69) is 30.7 Å². The van der Waals surface area contributed by atoms with Crippen LogP contribution in [-0.4, -0.2) is 37.7 Å². The van der Waals surface area contributed by atoms with Gasteiger partial charge in [0.15, 0.2) is 11.5 Å². The summed E-state index contributed by atoms with van der Waals surface area (Å²) in [7, 11) is 3.61. The summed E-state index contributed by atoms with van der Waals surface area (Å²) >= 11 is 0. The van der Waals surface area contributed by atoms with Gasteiger partial charge in [0, 0.05) is 48.8 Å². The van der Waals surface area contributed by atoms with Gasteiger partial charge in [-0.25, -0.2) is 9.97 Å². The molecular weight excluding hydrogens is 444 g/mol. The highest BCUT2D eigenvalue weighted by molar-refractivity contribution is 6.06. The Morgan fingerprint density at radius 1 is 1.00 bits per heavy atom. The number of carbonyl (C=O) groups is 1. The van der Waals surface area contributed by atoms with Gasteiger partial charge >= 0.3 is 0 Å². The predicted molar refractivity (Wildman–Crippen MR) is 136 cm³/mol. The fourth-order valence-corrected chi connectivity index (χ4v) is 3.79. The predicted octanol–water partition coefficient (Wildman–Crippen LogP) is 3.26. The summed E-state index contributed by atoms with van der Waals surface area (Å²) in [6.07, 6.45) is 3.37. The topological polar surface area (TPSA) is 144 Å². The molecule has 0 saturated heterocycles. The lowest BCUT2D eigenvalue weighted by Crippen LogP contribution is -2.18. The number of hydrogen-bond donors (Lipinski definition) is 4. The van der Waals surface area contributed by atoms with Crippen LogP contribution in [0.2, 0.25) is 0 Å². The molecule has 0 radical (unpaired) electrons. The van der Waals surface area contributed by atoms with Crippen molar-refractivity contribution >= 4 is 33.9 Å². The lowest BCUT2D eigenvalue weighted by Gasteiger charge is -2.13. The monoisotopic (exact) mass is 466 g/mol. The van der Waals surface area contributed by atoms with E-state index in [0.29, 0.717) is 33.7 Å². The van der Waals surface area contributed by atoms with Crippen molar-refractivity contribution in [3.63, 3.8) is 0 Å². The molecule has 0 aliphatic carbocycles. The number of fused-ring (bicyclic) bond motifs is 1. The Kier molecular flexibility index (Phi) is 5.46. The molecule has 5 N–H and O–H groups in total. The molecule has 0 atom stereocenters. The van der Waals surface area contributed by atoms with E-state index in [1.165, 1.54) is 0 Å². The molecule has 3 aromatic heterocycles. The van der Waals surface area contributed by atoms with Crippen molar-refractivity contribution in [3.8, 4) is 22.6 Å². The molecule has 3 heterocycles. The first-order chi connectivity index (χ1) is 16.9. The molecule has 0 fully saturated rings. The smallest absolute Gasteiger partial charge is 0.278 e. The third kappa shape index (κ3) is 4.20. The molecule has 0 aliphatic heterocycles. The molecule has 35 heavy (non-hydrogen) atoms. The van der Waals surface area contributed by atoms with Crippen molar-refractivity contribution in [1.29, 1.82) is 0 Å². The quantitative estimate of drug-likeness (QED) is 0.311. The fourth-order valence-electron chi connectivity index (χ4n) is 3.79. The molecule has 0 aliphatic rings. The third-order valence-electron chi connectivity index (χ3n) is 5.57. The summed E-state index contributed by atoms with van der Waals surface area (Å²) in [5.74, 6) is -0.505. The number of aromatic amines is 1. The number of rotatable bonds is 5. The zero-order chi connectivity index (χ0) is 24.5. The van der Waals surface area contributed by atoms with Gasteiger partial charge in [0.25, 0.3) is 11.5 Å². The minimum Gasteiger partial charge on any atom is -0.388 e. The summed E-state index contributed by atoms with van der Waals surface area (Å²) in [6.45, 7) is 0. The lowest BCUT2D eigenvalue weighted by atomic mass is 10.0. The zero-order valence-electron chi connectivity index (χ0n) is 19.0. The van der Waals surface area contributed by atoms with Gasteiger partial charge in [-0.2, -0.15) is 5.10 Å². The zero-order valence-corrected chi connectivity index (χ0v) is 19.0. The highest BCUT2D eigenvalue weighted by atomic mass is 16.2. The number of amides is 1. The number of hydrogen-bond acceptors (Lipinski definition) is 7. The molecule has 0 unspecified atom stereocenters. The maximum atomic E-state index is 13.1. The Balaban J connectivity index is 1.63. The Labute approximate surface area is 199 Å². The van der Waals surface area contributed by atoms with Crippen LogP contribution in [0.15, 0.2) is 71.8 Å². The number of benzene rings is 2. The number of carbonyl (C=O) groups excluding carboxylic acids is 1. The van der Waals surface area contributed by atoms with Crippen molar-refractivity contribution in [2.45, 2.75) is 0 Å². The van der Waals surface area contributed by atoms with Crippen LogP contribution in [0.1, 0.15) is 10.5 Å². The molecular formula is C25H22N8O2. The lowest BCUT2D eigenvalue weighted by molar-refractivity contribution is 0.102. The van der Waals surface area contributed by atoms with Crippen LogP contribution in [0, 0.1) is 0 Å². The Bertz CT molecular complexity index is 1620. The third-order valence-corrected chi connectivity index (χ3v) is 5.57. The maximum absolute atomic E-state index is 13.1. The van der Waals surface area contributed by atoms with E-state index in [4.69, 9.17) is 5.73 Å². The van der Waals surface area contributed by atoms with E-state index in [1.54, 1.807) is 60.5 Å². The van der Waals surface area contributed by atoms with Gasteiger partial charge in [0.05, 0.1) is 5.69 Å². The van der Waals surface area contributed by atoms with Gasteiger partial charge in [-0.3, -0.25) is 14.3 Å². The van der Waals surface area contributed by atoms with Gasteiger partial charge in [-0.05, 0) is 53.9 Å². The van der Waals surface area contributed by atoms with Gasteiger partial charge in [-0.15, -0.1) is 0 Å². The number of pyridine rings is 1. The summed E-state index contributed by atoms with van der Waals surface area (Å²) in [5, 5.41) is 11.6. The Morgan fingerprint density at radius 3 is 2.49 bits per heavy atom. The first kappa shape index (κ1) is 21.8. The number of aryl methyl sites for hydroxylation is 1. The van der Waals surface area contributed by atoms with E-state index in [-0.39, 0.29) is 17.1 Å². The fraction of sp³-hybridized carbons (Fsp3) is 0.0800. The molecule has 174 valence electrons. The molecule has 10 nitrogen and oxygen atoms in total. The average Bonchev–Trinajstić information content (AvgIpc) is 3.30.